The number of hydrogen-bond acceptors (Lipinski definition) is 4. The maximum atomic E-state index is 11.1. The van der Waals surface area contributed by atoms with Crippen LogP contribution < -0.4 is 4.74 Å². The molecule has 1 aromatic heterocycles. The molecule has 2 rings (SSSR count). The van der Waals surface area contributed by atoms with Crippen LogP contribution in [0.4, 0.5) is 0 Å². The molecule has 0 saturated heterocycles. The minimum absolute atomic E-state index is 0.0222. The summed E-state index contributed by atoms with van der Waals surface area (Å²) in [6.07, 6.45) is 0.520. The second-order valence-electron chi connectivity index (χ2n) is 4.13. The van der Waals surface area contributed by atoms with Gasteiger partial charge in [-0.1, -0.05) is 18.2 Å². The first-order chi connectivity index (χ1) is 9.08. The third-order valence-electron chi connectivity index (χ3n) is 2.86. The van der Waals surface area contributed by atoms with E-state index in [1.54, 1.807) is 7.11 Å². The zero-order valence-corrected chi connectivity index (χ0v) is 11.0. The highest BCUT2D eigenvalue weighted by atomic mass is 16.5. The largest absolute Gasteiger partial charge is 0.494 e. The van der Waals surface area contributed by atoms with Crippen LogP contribution in [0.25, 0.3) is 5.69 Å². The number of nitrogens with zero attached hydrogens (tertiary/aromatic N) is 3. The summed E-state index contributed by atoms with van der Waals surface area (Å²) in [5, 5.41) is 16.8. The Balaban J connectivity index is 2.65. The number of carboxylic acid groups (broad SMARTS) is 1. The highest BCUT2D eigenvalue weighted by molar-refractivity contribution is 5.86. The lowest BCUT2D eigenvalue weighted by Gasteiger charge is -2.11. The van der Waals surface area contributed by atoms with E-state index < -0.39 is 5.97 Å². The van der Waals surface area contributed by atoms with E-state index in [0.29, 0.717) is 23.6 Å². The summed E-state index contributed by atoms with van der Waals surface area (Å²) in [7, 11) is 1.56. The SMILES string of the molecule is CCc1c(C(=O)O)nnn1-c1cc(C)ccc1OC. The van der Waals surface area contributed by atoms with Crippen LogP contribution in [0.5, 0.6) is 5.75 Å². The number of benzene rings is 1. The Kier molecular flexibility index (Phi) is 3.50. The van der Waals surface area contributed by atoms with Gasteiger partial charge in [-0.3, -0.25) is 0 Å². The number of aromatic nitrogens is 3. The van der Waals surface area contributed by atoms with Gasteiger partial charge >= 0.3 is 5.97 Å². The van der Waals surface area contributed by atoms with E-state index in [2.05, 4.69) is 10.3 Å². The van der Waals surface area contributed by atoms with Crippen LogP contribution in [0.1, 0.15) is 28.7 Å². The molecule has 6 nitrogen and oxygen atoms in total. The standard InChI is InChI=1S/C13H15N3O3/c1-4-9-12(13(17)18)14-15-16(9)10-7-8(2)5-6-11(10)19-3/h5-7H,4H2,1-3H3,(H,17,18). The third kappa shape index (κ3) is 2.29. The average Bonchev–Trinajstić information content (AvgIpc) is 2.82. The summed E-state index contributed by atoms with van der Waals surface area (Å²) >= 11 is 0. The Bertz CT molecular complexity index is 620. The molecule has 0 spiro atoms. The second-order valence-corrected chi connectivity index (χ2v) is 4.13. The number of methoxy groups -OCH3 is 1. The third-order valence-corrected chi connectivity index (χ3v) is 2.86. The van der Waals surface area contributed by atoms with Crippen molar-refractivity contribution in [3.05, 3.63) is 35.2 Å². The molecule has 1 heterocycles. The fourth-order valence-electron chi connectivity index (χ4n) is 1.94. The van der Waals surface area contributed by atoms with E-state index in [-0.39, 0.29) is 5.69 Å². The van der Waals surface area contributed by atoms with Crippen molar-refractivity contribution in [2.45, 2.75) is 20.3 Å². The molecule has 0 amide bonds. The van der Waals surface area contributed by atoms with Gasteiger partial charge in [0.25, 0.3) is 0 Å². The van der Waals surface area contributed by atoms with Crippen LogP contribution in [0.15, 0.2) is 18.2 Å². The summed E-state index contributed by atoms with van der Waals surface area (Å²) in [5.41, 5.74) is 2.26. The van der Waals surface area contributed by atoms with Crippen LogP contribution in [-0.4, -0.2) is 33.2 Å². The van der Waals surface area contributed by atoms with Crippen LogP contribution in [0.3, 0.4) is 0 Å². The van der Waals surface area contributed by atoms with Gasteiger partial charge in [-0.25, -0.2) is 9.48 Å². The van der Waals surface area contributed by atoms with Gasteiger partial charge in [-0.2, -0.15) is 0 Å². The molecule has 1 aromatic carbocycles. The van der Waals surface area contributed by atoms with Gasteiger partial charge in [-0.05, 0) is 31.0 Å². The Hall–Kier alpha value is -2.37. The van der Waals surface area contributed by atoms with Crippen LogP contribution in [0.2, 0.25) is 0 Å². The van der Waals surface area contributed by atoms with Gasteiger partial charge in [-0.15, -0.1) is 5.10 Å². The summed E-state index contributed by atoms with van der Waals surface area (Å²) in [4.78, 5) is 11.1. The molecule has 0 unspecified atom stereocenters. The maximum absolute atomic E-state index is 11.1. The monoisotopic (exact) mass is 261 g/mol. The molecule has 1 N–H and O–H groups in total. The van der Waals surface area contributed by atoms with Gasteiger partial charge in [0.1, 0.15) is 11.4 Å². The van der Waals surface area contributed by atoms with E-state index in [4.69, 9.17) is 9.84 Å². The summed E-state index contributed by atoms with van der Waals surface area (Å²) in [6, 6.07) is 5.63. The molecule has 0 aliphatic rings. The molecule has 100 valence electrons. The van der Waals surface area contributed by atoms with Gasteiger partial charge in [0.05, 0.1) is 12.8 Å². The zero-order valence-electron chi connectivity index (χ0n) is 11.0. The highest BCUT2D eigenvalue weighted by Gasteiger charge is 2.20. The average molecular weight is 261 g/mol. The lowest BCUT2D eigenvalue weighted by molar-refractivity contribution is 0.0689. The Labute approximate surface area is 110 Å². The first-order valence-electron chi connectivity index (χ1n) is 5.91. The topological polar surface area (TPSA) is 77.2 Å². The second kappa shape index (κ2) is 5.09. The molecular formula is C13H15N3O3. The number of ether oxygens (including phenoxy) is 1. The fraction of sp³-hybridized carbons (Fsp3) is 0.308. The van der Waals surface area contributed by atoms with Crippen LogP contribution in [-0.2, 0) is 6.42 Å². The van der Waals surface area contributed by atoms with Crippen molar-refractivity contribution in [3.63, 3.8) is 0 Å². The van der Waals surface area contributed by atoms with Crippen molar-refractivity contribution >= 4 is 5.97 Å². The molecule has 0 radical (unpaired) electrons. The van der Waals surface area contributed by atoms with E-state index in [0.717, 1.165) is 5.56 Å². The molecule has 0 aliphatic heterocycles. The van der Waals surface area contributed by atoms with Gasteiger partial charge in [0.2, 0.25) is 0 Å². The maximum Gasteiger partial charge on any atom is 0.358 e. The predicted molar refractivity (Wildman–Crippen MR) is 69.0 cm³/mol. The Morgan fingerprint density at radius 2 is 2.21 bits per heavy atom. The fourth-order valence-corrected chi connectivity index (χ4v) is 1.94. The molecule has 0 saturated carbocycles. The molecule has 0 fully saturated rings. The van der Waals surface area contributed by atoms with Crippen molar-refractivity contribution in [2.24, 2.45) is 0 Å². The lowest BCUT2D eigenvalue weighted by Crippen LogP contribution is -2.07. The van der Waals surface area contributed by atoms with Crippen molar-refractivity contribution in [1.29, 1.82) is 0 Å². The number of aryl methyl sites for hydroxylation is 1. The number of rotatable bonds is 4. The number of hydrogen-bond donors (Lipinski definition) is 1. The Morgan fingerprint density at radius 3 is 2.79 bits per heavy atom. The predicted octanol–water partition coefficient (Wildman–Crippen LogP) is 1.84. The van der Waals surface area contributed by atoms with Gasteiger partial charge < -0.3 is 9.84 Å². The summed E-state index contributed by atoms with van der Waals surface area (Å²) in [6.45, 7) is 3.81. The first-order valence-corrected chi connectivity index (χ1v) is 5.91. The van der Waals surface area contributed by atoms with Crippen LogP contribution >= 0.6 is 0 Å². The smallest absolute Gasteiger partial charge is 0.358 e. The minimum atomic E-state index is -1.07. The zero-order chi connectivity index (χ0) is 14.0. The molecule has 19 heavy (non-hydrogen) atoms. The number of carboxylic acids is 1. The quantitative estimate of drug-likeness (QED) is 0.908. The van der Waals surface area contributed by atoms with Crippen molar-refractivity contribution in [1.82, 2.24) is 15.0 Å². The van der Waals surface area contributed by atoms with E-state index in [1.165, 1.54) is 4.68 Å². The van der Waals surface area contributed by atoms with E-state index >= 15 is 0 Å². The van der Waals surface area contributed by atoms with Gasteiger partial charge in [0.15, 0.2) is 5.69 Å². The minimum Gasteiger partial charge on any atom is -0.494 e. The highest BCUT2D eigenvalue weighted by Crippen LogP contribution is 2.25. The van der Waals surface area contributed by atoms with Crippen LogP contribution in [0, 0.1) is 6.92 Å². The molecule has 0 atom stereocenters. The van der Waals surface area contributed by atoms with E-state index in [9.17, 15) is 4.79 Å². The molecule has 6 heteroatoms. The van der Waals surface area contributed by atoms with E-state index in [1.807, 2.05) is 32.0 Å². The molecule has 0 bridgehead atoms. The normalized spacial score (nSPS) is 10.5. The number of carbonyl (C=O) groups is 1. The molecule has 2 aromatic rings. The molecular weight excluding hydrogens is 246 g/mol. The summed E-state index contributed by atoms with van der Waals surface area (Å²) < 4.78 is 6.81. The summed E-state index contributed by atoms with van der Waals surface area (Å²) in [5.74, 6) is -0.447. The van der Waals surface area contributed by atoms with Crippen molar-refractivity contribution in [2.75, 3.05) is 7.11 Å². The number of aromatic carboxylic acids is 1. The molecule has 0 aliphatic carbocycles. The van der Waals surface area contributed by atoms with Crippen molar-refractivity contribution in [3.8, 4) is 11.4 Å². The lowest BCUT2D eigenvalue weighted by atomic mass is 10.2. The Morgan fingerprint density at radius 1 is 1.47 bits per heavy atom. The van der Waals surface area contributed by atoms with Gasteiger partial charge in [0, 0.05) is 0 Å². The van der Waals surface area contributed by atoms with Crippen molar-refractivity contribution < 1.29 is 14.6 Å². The first kappa shape index (κ1) is 13.1.